The Balaban J connectivity index is 2.14. The molecule has 1 aromatic carbocycles. The van der Waals surface area contributed by atoms with Crippen LogP contribution >= 0.6 is 0 Å². The van der Waals surface area contributed by atoms with Crippen molar-refractivity contribution in [1.29, 1.82) is 0 Å². The van der Waals surface area contributed by atoms with Gasteiger partial charge in [-0.2, -0.15) is 0 Å². The van der Waals surface area contributed by atoms with E-state index in [1.807, 2.05) is 11.9 Å². The molecule has 0 aromatic heterocycles. The van der Waals surface area contributed by atoms with Crippen LogP contribution in [0.3, 0.4) is 0 Å². The van der Waals surface area contributed by atoms with Gasteiger partial charge in [-0.3, -0.25) is 4.79 Å². The van der Waals surface area contributed by atoms with Gasteiger partial charge in [0.2, 0.25) is 0 Å². The largest absolute Gasteiger partial charge is 0.497 e. The van der Waals surface area contributed by atoms with Gasteiger partial charge in [-0.1, -0.05) is 25.7 Å². The molecule has 1 saturated carbocycles. The van der Waals surface area contributed by atoms with Gasteiger partial charge in [-0.05, 0) is 25.0 Å². The van der Waals surface area contributed by atoms with Gasteiger partial charge in [0, 0.05) is 30.4 Å². The minimum Gasteiger partial charge on any atom is -0.497 e. The van der Waals surface area contributed by atoms with Gasteiger partial charge in [0.1, 0.15) is 5.75 Å². The number of carbonyl (C=O) groups excluding carboxylic acids is 1. The molecule has 4 nitrogen and oxygen atoms in total. The van der Waals surface area contributed by atoms with Crippen molar-refractivity contribution in [1.82, 2.24) is 4.90 Å². The zero-order valence-corrected chi connectivity index (χ0v) is 12.4. The number of carbonyl (C=O) groups is 1. The van der Waals surface area contributed by atoms with E-state index in [4.69, 9.17) is 10.5 Å². The van der Waals surface area contributed by atoms with E-state index < -0.39 is 0 Å². The van der Waals surface area contributed by atoms with Crippen molar-refractivity contribution in [3.8, 4) is 5.75 Å². The van der Waals surface area contributed by atoms with Crippen LogP contribution in [0, 0.1) is 0 Å². The second-order valence-electron chi connectivity index (χ2n) is 5.56. The van der Waals surface area contributed by atoms with Crippen LogP contribution in [0.2, 0.25) is 0 Å². The van der Waals surface area contributed by atoms with Crippen molar-refractivity contribution in [3.63, 3.8) is 0 Å². The third kappa shape index (κ3) is 3.44. The molecule has 2 rings (SSSR count). The summed E-state index contributed by atoms with van der Waals surface area (Å²) in [6.45, 7) is 0. The summed E-state index contributed by atoms with van der Waals surface area (Å²) in [5.41, 5.74) is 6.99. The third-order valence-electron chi connectivity index (χ3n) is 4.10. The first kappa shape index (κ1) is 14.7. The van der Waals surface area contributed by atoms with Crippen molar-refractivity contribution in [3.05, 3.63) is 23.8 Å². The zero-order valence-electron chi connectivity index (χ0n) is 12.4. The summed E-state index contributed by atoms with van der Waals surface area (Å²) < 4.78 is 5.18. The first-order valence-electron chi connectivity index (χ1n) is 7.33. The Morgan fingerprint density at radius 3 is 2.45 bits per heavy atom. The van der Waals surface area contributed by atoms with Crippen LogP contribution in [-0.4, -0.2) is 31.0 Å². The summed E-state index contributed by atoms with van der Waals surface area (Å²) in [6.07, 6.45) is 7.18. The lowest BCUT2D eigenvalue weighted by Gasteiger charge is -2.27. The molecule has 2 N–H and O–H groups in total. The van der Waals surface area contributed by atoms with Crippen molar-refractivity contribution < 1.29 is 9.53 Å². The zero-order chi connectivity index (χ0) is 14.5. The Labute approximate surface area is 120 Å². The van der Waals surface area contributed by atoms with E-state index in [1.165, 1.54) is 25.7 Å². The summed E-state index contributed by atoms with van der Waals surface area (Å²) in [5, 5.41) is 0. The number of amides is 1. The molecule has 4 heteroatoms. The van der Waals surface area contributed by atoms with Gasteiger partial charge in [-0.25, -0.2) is 0 Å². The lowest BCUT2D eigenvalue weighted by molar-refractivity contribution is 0.0717. The van der Waals surface area contributed by atoms with Gasteiger partial charge in [-0.15, -0.1) is 0 Å². The molecule has 0 heterocycles. The maximum absolute atomic E-state index is 12.6. The molecule has 1 aliphatic carbocycles. The number of nitrogens with two attached hydrogens (primary N) is 1. The highest BCUT2D eigenvalue weighted by atomic mass is 16.5. The second-order valence-corrected chi connectivity index (χ2v) is 5.56. The first-order chi connectivity index (χ1) is 9.61. The molecular weight excluding hydrogens is 252 g/mol. The van der Waals surface area contributed by atoms with Crippen molar-refractivity contribution >= 4 is 11.6 Å². The normalized spacial score (nSPS) is 16.5. The van der Waals surface area contributed by atoms with Gasteiger partial charge < -0.3 is 15.4 Å². The maximum Gasteiger partial charge on any atom is 0.254 e. The van der Waals surface area contributed by atoms with Crippen LogP contribution in [0.1, 0.15) is 48.9 Å². The predicted octanol–water partition coefficient (Wildman–Crippen LogP) is 3.07. The number of rotatable bonds is 3. The number of nitrogen functional groups attached to an aromatic ring is 1. The quantitative estimate of drug-likeness (QED) is 0.682. The van der Waals surface area contributed by atoms with E-state index in [2.05, 4.69) is 0 Å². The van der Waals surface area contributed by atoms with Crippen LogP contribution in [0.25, 0.3) is 0 Å². The summed E-state index contributed by atoms with van der Waals surface area (Å²) in [5.74, 6) is 0.658. The monoisotopic (exact) mass is 276 g/mol. The third-order valence-corrected chi connectivity index (χ3v) is 4.10. The molecule has 0 spiro atoms. The SMILES string of the molecule is COc1cc(N)cc(C(=O)N(C)C2CCCCCC2)c1. The van der Waals surface area contributed by atoms with Crippen molar-refractivity contribution in [2.24, 2.45) is 0 Å². The molecule has 1 amide bonds. The smallest absolute Gasteiger partial charge is 0.254 e. The standard InChI is InChI=1S/C16H24N2O2/c1-18(14-7-5-3-4-6-8-14)16(19)12-9-13(17)11-15(10-12)20-2/h9-11,14H,3-8,17H2,1-2H3. The Hall–Kier alpha value is -1.71. The average Bonchev–Trinajstić information content (AvgIpc) is 2.74. The fraction of sp³-hybridized carbons (Fsp3) is 0.562. The number of ether oxygens (including phenoxy) is 1. The average molecular weight is 276 g/mol. The maximum atomic E-state index is 12.6. The predicted molar refractivity (Wildman–Crippen MR) is 81.0 cm³/mol. The Bertz CT molecular complexity index is 466. The van der Waals surface area contributed by atoms with Crippen LogP contribution in [-0.2, 0) is 0 Å². The van der Waals surface area contributed by atoms with E-state index in [0.717, 1.165) is 12.8 Å². The molecule has 1 fully saturated rings. The van der Waals surface area contributed by atoms with Gasteiger partial charge in [0.25, 0.3) is 5.91 Å². The molecule has 1 aromatic rings. The lowest BCUT2D eigenvalue weighted by Crippen LogP contribution is -2.36. The highest BCUT2D eigenvalue weighted by Gasteiger charge is 2.22. The lowest BCUT2D eigenvalue weighted by atomic mass is 10.1. The molecule has 20 heavy (non-hydrogen) atoms. The van der Waals surface area contributed by atoms with Crippen LogP contribution < -0.4 is 10.5 Å². The van der Waals surface area contributed by atoms with Gasteiger partial charge in [0.15, 0.2) is 0 Å². The number of hydrogen-bond acceptors (Lipinski definition) is 3. The fourth-order valence-electron chi connectivity index (χ4n) is 2.88. The number of benzene rings is 1. The Morgan fingerprint density at radius 2 is 1.85 bits per heavy atom. The van der Waals surface area contributed by atoms with Gasteiger partial charge in [0.05, 0.1) is 7.11 Å². The summed E-state index contributed by atoms with van der Waals surface area (Å²) in [6, 6.07) is 5.55. The van der Waals surface area contributed by atoms with E-state index in [-0.39, 0.29) is 5.91 Å². The van der Waals surface area contributed by atoms with Crippen molar-refractivity contribution in [2.75, 3.05) is 19.9 Å². The molecule has 0 bridgehead atoms. The number of methoxy groups -OCH3 is 1. The van der Waals surface area contributed by atoms with E-state index in [9.17, 15) is 4.79 Å². The van der Waals surface area contributed by atoms with Crippen LogP contribution in [0.5, 0.6) is 5.75 Å². The van der Waals surface area contributed by atoms with E-state index >= 15 is 0 Å². The second kappa shape index (κ2) is 6.64. The van der Waals surface area contributed by atoms with Crippen molar-refractivity contribution in [2.45, 2.75) is 44.6 Å². The molecule has 0 aliphatic heterocycles. The number of hydrogen-bond donors (Lipinski definition) is 1. The molecule has 0 radical (unpaired) electrons. The number of nitrogens with zero attached hydrogens (tertiary/aromatic N) is 1. The Kier molecular flexibility index (Phi) is 4.88. The molecule has 0 atom stereocenters. The van der Waals surface area contributed by atoms with E-state index in [0.29, 0.717) is 23.0 Å². The molecular formula is C16H24N2O2. The Morgan fingerprint density at radius 1 is 1.20 bits per heavy atom. The van der Waals surface area contributed by atoms with Gasteiger partial charge >= 0.3 is 0 Å². The number of anilines is 1. The molecule has 110 valence electrons. The summed E-state index contributed by atoms with van der Waals surface area (Å²) >= 11 is 0. The van der Waals surface area contributed by atoms with E-state index in [1.54, 1.807) is 25.3 Å². The molecule has 1 aliphatic rings. The summed E-state index contributed by atoms with van der Waals surface area (Å²) in [7, 11) is 3.48. The minimum atomic E-state index is 0.0301. The first-order valence-corrected chi connectivity index (χ1v) is 7.33. The van der Waals surface area contributed by atoms with Crippen LogP contribution in [0.15, 0.2) is 18.2 Å². The van der Waals surface area contributed by atoms with Crippen LogP contribution in [0.4, 0.5) is 5.69 Å². The summed E-state index contributed by atoms with van der Waals surface area (Å²) in [4.78, 5) is 14.5. The molecule has 0 unspecified atom stereocenters. The minimum absolute atomic E-state index is 0.0301. The highest BCUT2D eigenvalue weighted by Crippen LogP contribution is 2.24. The highest BCUT2D eigenvalue weighted by molar-refractivity contribution is 5.95. The molecule has 0 saturated heterocycles. The topological polar surface area (TPSA) is 55.6 Å². The fourth-order valence-corrected chi connectivity index (χ4v) is 2.88.